The van der Waals surface area contributed by atoms with Crippen LogP contribution in [0, 0.1) is 0 Å². The molecule has 0 aromatic rings. The molecule has 0 unspecified atom stereocenters. The first kappa shape index (κ1) is 4.87. The van der Waals surface area contributed by atoms with E-state index in [-0.39, 0.29) is 0 Å². The molecule has 0 aromatic carbocycles. The predicted molar refractivity (Wildman–Crippen MR) is 20.5 cm³/mol. The van der Waals surface area contributed by atoms with Crippen LogP contribution in [0.25, 0.3) is 0 Å². The fourth-order valence-electron chi connectivity index (χ4n) is 0.484. The molecule has 0 saturated carbocycles. The van der Waals surface area contributed by atoms with Crippen LogP contribution in [0.3, 0.4) is 0 Å². The van der Waals surface area contributed by atoms with E-state index in [1.54, 1.807) is 0 Å². The fourth-order valence-corrected chi connectivity index (χ4v) is 1.45. The highest BCUT2D eigenvalue weighted by atomic mass is 31.2. The second-order valence-electron chi connectivity index (χ2n) is 1.39. The summed E-state index contributed by atoms with van der Waals surface area (Å²) in [4.78, 5) is 0. The van der Waals surface area contributed by atoms with Crippen LogP contribution in [0.5, 0.6) is 0 Å². The summed E-state index contributed by atoms with van der Waals surface area (Å²) in [7, 11) is -1.58. The zero-order chi connectivity index (χ0) is 5.78. The van der Waals surface area contributed by atoms with Gasteiger partial charge in [0.15, 0.2) is 0 Å². The van der Waals surface area contributed by atoms with Gasteiger partial charge in [0.25, 0.3) is 0 Å². The third-order valence-electron chi connectivity index (χ3n) is 0.788. The van der Waals surface area contributed by atoms with Crippen molar-refractivity contribution in [3.8, 4) is 0 Å². The van der Waals surface area contributed by atoms with Gasteiger partial charge in [-0.05, 0) is 0 Å². The van der Waals surface area contributed by atoms with Crippen molar-refractivity contribution >= 4 is 7.82 Å². The van der Waals surface area contributed by atoms with Crippen molar-refractivity contribution in [3.05, 3.63) is 0 Å². The van der Waals surface area contributed by atoms with Crippen LogP contribution in [0.1, 0.15) is 0 Å². The Kier molecular flexibility index (Phi) is 0.688. The molecule has 3 aliphatic rings. The SMILES string of the molecule is CN1OP2(=O)ON1O2. The summed E-state index contributed by atoms with van der Waals surface area (Å²) in [6.45, 7) is 0. The molecule has 0 N–H and O–H groups in total. The van der Waals surface area contributed by atoms with Gasteiger partial charge in [0, 0.05) is 7.05 Å². The van der Waals surface area contributed by atoms with E-state index in [0.717, 1.165) is 10.5 Å². The Labute approximate surface area is 45.0 Å². The Morgan fingerprint density at radius 2 is 2.00 bits per heavy atom. The maximum absolute atomic E-state index is 10.5. The summed E-state index contributed by atoms with van der Waals surface area (Å²) >= 11 is 0. The standard InChI is InChI=1S/CH3N2O4P/c1-2-3-6-8(4,5-2)7-3/h1H3. The van der Waals surface area contributed by atoms with E-state index in [1.165, 1.54) is 7.05 Å². The lowest BCUT2D eigenvalue weighted by Crippen LogP contribution is -2.31. The minimum atomic E-state index is -3.10. The van der Waals surface area contributed by atoms with E-state index >= 15 is 0 Å². The number of rotatable bonds is 0. The molecule has 0 aromatic heterocycles. The van der Waals surface area contributed by atoms with Crippen molar-refractivity contribution in [1.29, 1.82) is 0 Å². The van der Waals surface area contributed by atoms with E-state index in [0.29, 0.717) is 0 Å². The van der Waals surface area contributed by atoms with Gasteiger partial charge >= 0.3 is 7.82 Å². The zero-order valence-corrected chi connectivity index (χ0v) is 4.87. The largest absolute Gasteiger partial charge is 0.532 e. The topological polar surface area (TPSA) is 51.2 Å². The van der Waals surface area contributed by atoms with Gasteiger partial charge in [-0.1, -0.05) is 5.17 Å². The van der Waals surface area contributed by atoms with Crippen LogP contribution in [0.15, 0.2) is 0 Å². The van der Waals surface area contributed by atoms with Gasteiger partial charge in [-0.25, -0.2) is 4.57 Å². The zero-order valence-electron chi connectivity index (χ0n) is 3.97. The van der Waals surface area contributed by atoms with Gasteiger partial charge in [0.1, 0.15) is 0 Å². The second kappa shape index (κ2) is 1.13. The Hall–Kier alpha value is 0.0300. The van der Waals surface area contributed by atoms with Crippen LogP contribution in [-0.2, 0) is 18.4 Å². The first-order chi connectivity index (χ1) is 3.70. The third kappa shape index (κ3) is 0.421. The summed E-state index contributed by atoms with van der Waals surface area (Å²) < 4.78 is 23.9. The maximum Gasteiger partial charge on any atom is 0.532 e. The molecule has 0 aliphatic carbocycles. The molecule has 7 heteroatoms. The van der Waals surface area contributed by atoms with E-state index < -0.39 is 7.82 Å². The lowest BCUT2D eigenvalue weighted by Gasteiger charge is -2.18. The molecule has 3 aliphatic heterocycles. The van der Waals surface area contributed by atoms with E-state index in [4.69, 9.17) is 0 Å². The number of hydrogen-bond acceptors (Lipinski definition) is 6. The number of nitrogens with zero attached hydrogens (tertiary/aromatic N) is 2. The van der Waals surface area contributed by atoms with Crippen LogP contribution in [-0.4, -0.2) is 17.6 Å². The fraction of sp³-hybridized carbons (Fsp3) is 1.00. The normalized spacial score (nSPS) is 53.9. The van der Waals surface area contributed by atoms with Crippen LogP contribution in [0.2, 0.25) is 0 Å². The second-order valence-corrected chi connectivity index (χ2v) is 2.78. The minimum Gasteiger partial charge on any atom is -0.223 e. The van der Waals surface area contributed by atoms with Crippen molar-refractivity contribution < 1.29 is 18.4 Å². The van der Waals surface area contributed by atoms with Gasteiger partial charge in [-0.3, -0.25) is 0 Å². The summed E-state index contributed by atoms with van der Waals surface area (Å²) in [6, 6.07) is 0. The number of hydroxylamine groups is 1. The molecule has 6 nitrogen and oxygen atoms in total. The van der Waals surface area contributed by atoms with Gasteiger partial charge < -0.3 is 0 Å². The summed E-state index contributed by atoms with van der Waals surface area (Å²) in [5, 5.41) is 2.02. The van der Waals surface area contributed by atoms with Gasteiger partial charge in [-0.15, -0.1) is 9.25 Å². The third-order valence-corrected chi connectivity index (χ3v) is 1.90. The van der Waals surface area contributed by atoms with Gasteiger partial charge in [0.2, 0.25) is 0 Å². The molecule has 0 spiro atoms. The van der Waals surface area contributed by atoms with Crippen molar-refractivity contribution in [2.24, 2.45) is 0 Å². The first-order valence-corrected chi connectivity index (χ1v) is 3.39. The van der Waals surface area contributed by atoms with E-state index in [1.807, 2.05) is 0 Å². The maximum atomic E-state index is 10.5. The highest BCUT2D eigenvalue weighted by Gasteiger charge is 2.58. The molecule has 3 rings (SSSR count). The molecular formula is CH3N2O4P. The van der Waals surface area contributed by atoms with Crippen LogP contribution in [0.4, 0.5) is 0 Å². The Morgan fingerprint density at radius 1 is 1.38 bits per heavy atom. The van der Waals surface area contributed by atoms with E-state index in [9.17, 15) is 4.57 Å². The molecule has 3 fully saturated rings. The molecule has 0 amide bonds. The van der Waals surface area contributed by atoms with E-state index in [2.05, 4.69) is 13.9 Å². The molecular weight excluding hydrogens is 135 g/mol. The molecule has 2 bridgehead atoms. The monoisotopic (exact) mass is 138 g/mol. The van der Waals surface area contributed by atoms with Crippen molar-refractivity contribution in [2.45, 2.75) is 0 Å². The summed E-state index contributed by atoms with van der Waals surface area (Å²) in [5.41, 5.74) is 0. The quantitative estimate of drug-likeness (QED) is 0.441. The molecule has 0 radical (unpaired) electrons. The summed E-state index contributed by atoms with van der Waals surface area (Å²) in [5.74, 6) is 0. The molecule has 3 heterocycles. The number of hydrogen-bond donors (Lipinski definition) is 0. The number of fused-ring (bicyclic) bond motifs is 1. The summed E-state index contributed by atoms with van der Waals surface area (Å²) in [6.07, 6.45) is 0. The molecule has 3 saturated heterocycles. The highest BCUT2D eigenvalue weighted by Crippen LogP contribution is 2.66. The van der Waals surface area contributed by atoms with Gasteiger partial charge in [0.05, 0.1) is 5.34 Å². The van der Waals surface area contributed by atoms with Gasteiger partial charge in [-0.2, -0.15) is 4.62 Å². The number of phosphoric acid groups is 1. The lowest BCUT2D eigenvalue weighted by molar-refractivity contribution is -0.417. The van der Waals surface area contributed by atoms with Crippen LogP contribution < -0.4 is 0 Å². The average Bonchev–Trinajstić information content (AvgIpc) is 1.88. The Morgan fingerprint density at radius 3 is 2.12 bits per heavy atom. The van der Waals surface area contributed by atoms with Crippen molar-refractivity contribution in [3.63, 3.8) is 0 Å². The Balaban J connectivity index is 2.28. The highest BCUT2D eigenvalue weighted by molar-refractivity contribution is 7.49. The molecule has 46 valence electrons. The van der Waals surface area contributed by atoms with Crippen LogP contribution >= 0.6 is 7.82 Å². The molecule has 8 heavy (non-hydrogen) atoms. The molecule has 0 atom stereocenters. The Bertz CT molecular complexity index is 159. The average molecular weight is 138 g/mol. The number of hydrazine groups is 1. The first-order valence-electron chi connectivity index (χ1n) is 1.93. The minimum absolute atomic E-state index is 0.904. The lowest BCUT2D eigenvalue weighted by atomic mass is 11.5. The smallest absolute Gasteiger partial charge is 0.223 e. The van der Waals surface area contributed by atoms with Crippen molar-refractivity contribution in [2.75, 3.05) is 7.05 Å². The predicted octanol–water partition coefficient (Wildman–Crippen LogP) is 0.0653. The van der Waals surface area contributed by atoms with Crippen molar-refractivity contribution in [1.82, 2.24) is 10.5 Å².